The first-order valence-corrected chi connectivity index (χ1v) is 11.8. The average Bonchev–Trinajstić information content (AvgIpc) is 3.38. The minimum absolute atomic E-state index is 0.172. The van der Waals surface area contributed by atoms with Crippen LogP contribution in [0.15, 0.2) is 60.7 Å². The zero-order valence-corrected chi connectivity index (χ0v) is 20.2. The molecule has 4 rings (SSSR count). The number of hydrogen-bond donors (Lipinski definition) is 1. The topological polar surface area (TPSA) is 90.3 Å². The minimum atomic E-state index is -0.691. The number of nitrogens with zero attached hydrogens (tertiary/aromatic N) is 2. The van der Waals surface area contributed by atoms with Crippen LogP contribution in [0.2, 0.25) is 5.02 Å². The highest BCUT2D eigenvalue weighted by Gasteiger charge is 2.21. The molecule has 2 aromatic heterocycles. The van der Waals surface area contributed by atoms with Crippen molar-refractivity contribution in [2.75, 3.05) is 6.61 Å². The van der Waals surface area contributed by atoms with Crippen LogP contribution in [0.4, 0.5) is 0 Å². The Morgan fingerprint density at radius 2 is 1.88 bits per heavy atom. The third-order valence-corrected chi connectivity index (χ3v) is 6.57. The smallest absolute Gasteiger partial charge is 0.348 e. The van der Waals surface area contributed by atoms with Crippen LogP contribution in [-0.4, -0.2) is 40.1 Å². The zero-order valence-electron chi connectivity index (χ0n) is 18.6. The predicted octanol–water partition coefficient (Wildman–Crippen LogP) is 4.52. The van der Waals surface area contributed by atoms with Crippen LogP contribution in [-0.2, 0) is 20.7 Å². The summed E-state index contributed by atoms with van der Waals surface area (Å²) in [5.74, 6) is -1.32. The Balaban J connectivity index is 1.42. The van der Waals surface area contributed by atoms with Crippen molar-refractivity contribution in [2.24, 2.45) is 0 Å². The number of aromatic nitrogens is 2. The lowest BCUT2D eigenvalue weighted by atomic mass is 10.0. The molecule has 0 saturated carbocycles. The van der Waals surface area contributed by atoms with Gasteiger partial charge in [-0.3, -0.25) is 9.59 Å². The number of rotatable bonds is 8. The van der Waals surface area contributed by atoms with Gasteiger partial charge in [-0.25, -0.2) is 9.48 Å². The van der Waals surface area contributed by atoms with Crippen LogP contribution in [0.5, 0.6) is 0 Å². The SMILES string of the molecule is CC(=O)C(Cc1ccccc1)NC(=O)COC(=O)c1cc2c(C)nn(-c3cccc(Cl)c3)c2s1. The highest BCUT2D eigenvalue weighted by Crippen LogP contribution is 2.31. The molecule has 0 fully saturated rings. The summed E-state index contributed by atoms with van der Waals surface area (Å²) in [6.07, 6.45) is 0.367. The van der Waals surface area contributed by atoms with Crippen LogP contribution < -0.4 is 5.32 Å². The first kappa shape index (κ1) is 23.7. The number of benzene rings is 2. The van der Waals surface area contributed by atoms with E-state index in [4.69, 9.17) is 16.3 Å². The molecule has 9 heteroatoms. The predicted molar refractivity (Wildman–Crippen MR) is 132 cm³/mol. The van der Waals surface area contributed by atoms with Gasteiger partial charge in [0.2, 0.25) is 0 Å². The maximum Gasteiger partial charge on any atom is 0.348 e. The Morgan fingerprint density at radius 1 is 1.12 bits per heavy atom. The molecule has 1 amide bonds. The van der Waals surface area contributed by atoms with E-state index in [2.05, 4.69) is 10.4 Å². The number of ketones is 1. The molecule has 1 N–H and O–H groups in total. The molecule has 0 aliphatic carbocycles. The summed E-state index contributed by atoms with van der Waals surface area (Å²) in [4.78, 5) is 38.1. The lowest BCUT2D eigenvalue weighted by Crippen LogP contribution is -2.43. The van der Waals surface area contributed by atoms with Crippen molar-refractivity contribution in [2.45, 2.75) is 26.3 Å². The molecule has 2 heterocycles. The number of Topliss-reactive ketones (excluding diaryl/α,β-unsaturated/α-hetero) is 1. The summed E-state index contributed by atoms with van der Waals surface area (Å²) in [5, 5.41) is 8.59. The minimum Gasteiger partial charge on any atom is -0.451 e. The maximum absolute atomic E-state index is 12.6. The Labute approximate surface area is 205 Å². The first-order valence-electron chi connectivity index (χ1n) is 10.6. The van der Waals surface area contributed by atoms with E-state index in [-0.39, 0.29) is 5.78 Å². The van der Waals surface area contributed by atoms with Gasteiger partial charge in [0.1, 0.15) is 9.71 Å². The summed E-state index contributed by atoms with van der Waals surface area (Å²) in [5.41, 5.74) is 2.46. The number of carbonyl (C=O) groups excluding carboxylic acids is 3. The molecular formula is C25H22ClN3O4S. The van der Waals surface area contributed by atoms with Crippen LogP contribution in [0, 0.1) is 6.92 Å². The van der Waals surface area contributed by atoms with Crippen molar-refractivity contribution in [3.63, 3.8) is 0 Å². The van der Waals surface area contributed by atoms with Gasteiger partial charge >= 0.3 is 5.97 Å². The molecule has 34 heavy (non-hydrogen) atoms. The normalized spacial score (nSPS) is 11.9. The van der Waals surface area contributed by atoms with Gasteiger partial charge in [0, 0.05) is 10.4 Å². The van der Waals surface area contributed by atoms with Gasteiger partial charge in [0.15, 0.2) is 12.4 Å². The van der Waals surface area contributed by atoms with Gasteiger partial charge in [-0.2, -0.15) is 5.10 Å². The van der Waals surface area contributed by atoms with Crippen molar-refractivity contribution in [1.82, 2.24) is 15.1 Å². The van der Waals surface area contributed by atoms with Gasteiger partial charge in [-0.15, -0.1) is 11.3 Å². The molecule has 1 unspecified atom stereocenters. The summed E-state index contributed by atoms with van der Waals surface area (Å²) >= 11 is 7.33. The number of halogens is 1. The average molecular weight is 496 g/mol. The van der Waals surface area contributed by atoms with Crippen molar-refractivity contribution < 1.29 is 19.1 Å². The third kappa shape index (κ3) is 5.35. The highest BCUT2D eigenvalue weighted by molar-refractivity contribution is 7.20. The third-order valence-electron chi connectivity index (χ3n) is 5.24. The molecule has 4 aromatic rings. The Hall–Kier alpha value is -3.49. The Morgan fingerprint density at radius 3 is 2.59 bits per heavy atom. The van der Waals surface area contributed by atoms with E-state index >= 15 is 0 Å². The summed E-state index contributed by atoms with van der Waals surface area (Å²) in [6.45, 7) is 2.79. The largest absolute Gasteiger partial charge is 0.451 e. The van der Waals surface area contributed by atoms with Crippen LogP contribution in [0.3, 0.4) is 0 Å². The number of fused-ring (bicyclic) bond motifs is 1. The van der Waals surface area contributed by atoms with Gasteiger partial charge in [0.25, 0.3) is 5.91 Å². The lowest BCUT2D eigenvalue weighted by molar-refractivity contribution is -0.128. The second-order valence-electron chi connectivity index (χ2n) is 7.80. The van der Waals surface area contributed by atoms with E-state index in [0.717, 1.165) is 27.2 Å². The highest BCUT2D eigenvalue weighted by atomic mass is 35.5. The van der Waals surface area contributed by atoms with E-state index in [1.807, 2.05) is 49.4 Å². The van der Waals surface area contributed by atoms with Gasteiger partial charge in [-0.05, 0) is 50.1 Å². The monoisotopic (exact) mass is 495 g/mol. The van der Waals surface area contributed by atoms with Crippen LogP contribution >= 0.6 is 22.9 Å². The quantitative estimate of drug-likeness (QED) is 0.363. The van der Waals surface area contributed by atoms with E-state index in [1.54, 1.807) is 22.9 Å². The second-order valence-corrected chi connectivity index (χ2v) is 9.27. The number of esters is 1. The molecule has 7 nitrogen and oxygen atoms in total. The van der Waals surface area contributed by atoms with Crippen LogP contribution in [0.25, 0.3) is 15.9 Å². The van der Waals surface area contributed by atoms with Crippen molar-refractivity contribution in [3.8, 4) is 5.69 Å². The van der Waals surface area contributed by atoms with Crippen molar-refractivity contribution >= 4 is 50.8 Å². The summed E-state index contributed by atoms with van der Waals surface area (Å²) < 4.78 is 6.95. The second kappa shape index (κ2) is 10.2. The van der Waals surface area contributed by atoms with E-state index < -0.39 is 24.5 Å². The number of nitrogens with one attached hydrogen (secondary N) is 1. The molecule has 0 radical (unpaired) electrons. The molecule has 0 aliphatic rings. The van der Waals surface area contributed by atoms with Gasteiger partial charge < -0.3 is 10.1 Å². The number of hydrogen-bond acceptors (Lipinski definition) is 6. The van der Waals surface area contributed by atoms with Gasteiger partial charge in [-0.1, -0.05) is 48.0 Å². The number of carbonyl (C=O) groups is 3. The standard InChI is InChI=1S/C25H22ClN3O4S/c1-15-20-13-22(34-24(20)29(28-15)19-10-6-9-18(26)12-19)25(32)33-14-23(31)27-21(16(2)30)11-17-7-4-3-5-8-17/h3-10,12-13,21H,11,14H2,1-2H3,(H,27,31). The fourth-order valence-corrected chi connectivity index (χ4v) is 4.78. The molecule has 0 saturated heterocycles. The summed E-state index contributed by atoms with van der Waals surface area (Å²) in [7, 11) is 0. The van der Waals surface area contributed by atoms with Crippen LogP contribution in [0.1, 0.15) is 27.9 Å². The molecule has 0 aliphatic heterocycles. The number of thiophene rings is 1. The van der Waals surface area contributed by atoms with Crippen molar-refractivity contribution in [1.29, 1.82) is 0 Å². The molecule has 0 bridgehead atoms. The van der Waals surface area contributed by atoms with Crippen molar-refractivity contribution in [3.05, 3.63) is 81.8 Å². The molecule has 174 valence electrons. The first-order chi connectivity index (χ1) is 16.3. The fourth-order valence-electron chi connectivity index (χ4n) is 3.52. The van der Waals surface area contributed by atoms with E-state index in [1.165, 1.54) is 18.3 Å². The number of amides is 1. The number of aryl methyl sites for hydroxylation is 1. The fraction of sp³-hybridized carbons (Fsp3) is 0.200. The molecule has 1 atom stereocenters. The molecule has 0 spiro atoms. The number of ether oxygens (including phenoxy) is 1. The summed E-state index contributed by atoms with van der Waals surface area (Å²) in [6, 6.07) is 17.7. The molecular weight excluding hydrogens is 474 g/mol. The Bertz CT molecular complexity index is 1360. The molecule has 2 aromatic carbocycles. The van der Waals surface area contributed by atoms with Gasteiger partial charge in [0.05, 0.1) is 17.4 Å². The Kier molecular flexibility index (Phi) is 7.09. The zero-order chi connectivity index (χ0) is 24.2. The van der Waals surface area contributed by atoms with E-state index in [9.17, 15) is 14.4 Å². The lowest BCUT2D eigenvalue weighted by Gasteiger charge is -2.16. The maximum atomic E-state index is 12.6. The van der Waals surface area contributed by atoms with E-state index in [0.29, 0.717) is 16.3 Å².